The molecule has 1 N–H and O–H groups in total. The zero-order chi connectivity index (χ0) is 20.1. The zero-order valence-corrected chi connectivity index (χ0v) is 16.3. The molecule has 3 aromatic rings. The Kier molecular flexibility index (Phi) is 6.12. The van der Waals surface area contributed by atoms with E-state index in [0.717, 1.165) is 35.9 Å². The molecular formula is C23H26F2N2O. The smallest absolute Gasteiger partial charge is 0.254 e. The van der Waals surface area contributed by atoms with E-state index in [9.17, 15) is 13.6 Å². The van der Waals surface area contributed by atoms with E-state index in [0.29, 0.717) is 12.0 Å². The molecule has 3 rings (SSSR count). The van der Waals surface area contributed by atoms with Crippen molar-refractivity contribution in [2.45, 2.75) is 45.2 Å². The maximum Gasteiger partial charge on any atom is 0.254 e. The zero-order valence-electron chi connectivity index (χ0n) is 16.3. The van der Waals surface area contributed by atoms with Gasteiger partial charge >= 0.3 is 0 Å². The lowest BCUT2D eigenvalue weighted by molar-refractivity contribution is 0.0913. The quantitative estimate of drug-likeness (QED) is 0.505. The van der Waals surface area contributed by atoms with Crippen molar-refractivity contribution < 1.29 is 13.6 Å². The van der Waals surface area contributed by atoms with Crippen molar-refractivity contribution in [2.24, 2.45) is 0 Å². The minimum atomic E-state index is -0.644. The number of carbonyl (C=O) groups excluding carboxylic acids is 1. The van der Waals surface area contributed by atoms with E-state index in [4.69, 9.17) is 0 Å². The number of unbranched alkanes of at least 4 members (excludes halogenated alkanes) is 2. The number of hydrogen-bond donors (Lipinski definition) is 1. The number of para-hydroxylation sites is 1. The molecule has 0 aliphatic heterocycles. The van der Waals surface area contributed by atoms with Gasteiger partial charge in [-0.2, -0.15) is 0 Å². The molecule has 0 saturated heterocycles. The Labute approximate surface area is 164 Å². The second-order valence-electron chi connectivity index (χ2n) is 7.59. The number of carbonyl (C=O) groups is 1. The highest BCUT2D eigenvalue weighted by atomic mass is 19.1. The topological polar surface area (TPSA) is 34.0 Å². The third kappa shape index (κ3) is 4.41. The molecule has 3 nitrogen and oxygen atoms in total. The first-order valence-corrected chi connectivity index (χ1v) is 9.65. The number of benzene rings is 2. The average Bonchev–Trinajstić information content (AvgIpc) is 3.04. The highest BCUT2D eigenvalue weighted by Gasteiger charge is 2.25. The second-order valence-corrected chi connectivity index (χ2v) is 7.59. The summed E-state index contributed by atoms with van der Waals surface area (Å²) in [5, 5.41) is 3.96. The van der Waals surface area contributed by atoms with Crippen molar-refractivity contribution in [1.82, 2.24) is 9.88 Å². The lowest BCUT2D eigenvalue weighted by Crippen LogP contribution is -2.40. The Bertz CT molecular complexity index is 945. The van der Waals surface area contributed by atoms with Crippen LogP contribution in [-0.4, -0.2) is 17.1 Å². The molecule has 1 heterocycles. The van der Waals surface area contributed by atoms with Crippen LogP contribution in [0.15, 0.2) is 54.7 Å². The summed E-state index contributed by atoms with van der Waals surface area (Å²) in [6, 6.07) is 14.0. The molecule has 5 heteroatoms. The van der Waals surface area contributed by atoms with Gasteiger partial charge in [0, 0.05) is 23.6 Å². The van der Waals surface area contributed by atoms with Crippen molar-refractivity contribution in [3.63, 3.8) is 0 Å². The molecule has 0 aliphatic carbocycles. The largest absolute Gasteiger partial charge is 0.347 e. The number of hydrogen-bond acceptors (Lipinski definition) is 1. The van der Waals surface area contributed by atoms with E-state index in [2.05, 4.69) is 9.88 Å². The lowest BCUT2D eigenvalue weighted by Gasteiger charge is -2.27. The summed E-state index contributed by atoms with van der Waals surface area (Å²) in [7, 11) is 0. The third-order valence-electron chi connectivity index (χ3n) is 5.06. The minimum absolute atomic E-state index is 0.173. The monoisotopic (exact) mass is 384 g/mol. The molecule has 0 atom stereocenters. The summed E-state index contributed by atoms with van der Waals surface area (Å²) in [6.45, 7) is 4.25. The van der Waals surface area contributed by atoms with Crippen LogP contribution in [0.4, 0.5) is 8.78 Å². The fourth-order valence-corrected chi connectivity index (χ4v) is 3.46. The molecule has 0 radical (unpaired) electrons. The van der Waals surface area contributed by atoms with Crippen LogP contribution in [-0.2, 0) is 12.1 Å². The van der Waals surface area contributed by atoms with Crippen LogP contribution in [0.25, 0.3) is 10.9 Å². The number of aromatic nitrogens is 1. The number of nitrogens with zero attached hydrogens (tertiary/aromatic N) is 1. The number of nitrogens with one attached hydrogen (secondary N) is 1. The van der Waals surface area contributed by atoms with Crippen LogP contribution in [0.3, 0.4) is 0 Å². The Balaban J connectivity index is 1.84. The van der Waals surface area contributed by atoms with Gasteiger partial charge in [-0.25, -0.2) is 4.39 Å². The molecule has 2 aromatic carbocycles. The fourth-order valence-electron chi connectivity index (χ4n) is 3.46. The SMILES string of the molecule is CC(C)(NC(=O)c1cn(CCCCCF)c2ccccc12)c1ccc(F)cc1. The maximum atomic E-state index is 13.2. The lowest BCUT2D eigenvalue weighted by atomic mass is 9.94. The van der Waals surface area contributed by atoms with Gasteiger partial charge in [0.15, 0.2) is 0 Å². The molecule has 1 amide bonds. The predicted octanol–water partition coefficient (Wildman–Crippen LogP) is 5.59. The van der Waals surface area contributed by atoms with Crippen LogP contribution >= 0.6 is 0 Å². The van der Waals surface area contributed by atoms with Gasteiger partial charge in [0.1, 0.15) is 5.82 Å². The standard InChI is InChI=1S/C23H26F2N2O/c1-23(2,17-10-12-18(25)13-11-17)26-22(28)20-16-27(15-7-3-6-14-24)21-9-5-4-8-19(20)21/h4-5,8-13,16H,3,6-7,14-15H2,1-2H3,(H,26,28). The van der Waals surface area contributed by atoms with E-state index in [-0.39, 0.29) is 18.4 Å². The Morgan fingerprint density at radius 2 is 1.75 bits per heavy atom. The van der Waals surface area contributed by atoms with Crippen molar-refractivity contribution in [3.05, 3.63) is 71.7 Å². The molecule has 0 spiro atoms. The summed E-state index contributed by atoms with van der Waals surface area (Å²) < 4.78 is 27.6. The summed E-state index contributed by atoms with van der Waals surface area (Å²) in [5.41, 5.74) is 1.79. The third-order valence-corrected chi connectivity index (χ3v) is 5.06. The molecule has 28 heavy (non-hydrogen) atoms. The van der Waals surface area contributed by atoms with Gasteiger partial charge in [0.25, 0.3) is 5.91 Å². The number of aryl methyl sites for hydroxylation is 1. The highest BCUT2D eigenvalue weighted by molar-refractivity contribution is 6.07. The average molecular weight is 384 g/mol. The molecule has 0 fully saturated rings. The first kappa shape index (κ1) is 20.1. The van der Waals surface area contributed by atoms with E-state index in [1.807, 2.05) is 44.3 Å². The van der Waals surface area contributed by atoms with Gasteiger partial charge in [0.05, 0.1) is 17.8 Å². The predicted molar refractivity (Wildman–Crippen MR) is 109 cm³/mol. The van der Waals surface area contributed by atoms with Crippen molar-refractivity contribution in [3.8, 4) is 0 Å². The van der Waals surface area contributed by atoms with Crippen molar-refractivity contribution >= 4 is 16.8 Å². The van der Waals surface area contributed by atoms with Gasteiger partial charge in [-0.3, -0.25) is 9.18 Å². The van der Waals surface area contributed by atoms with Crippen LogP contribution in [0.5, 0.6) is 0 Å². The number of amides is 1. The number of alkyl halides is 1. The summed E-state index contributed by atoms with van der Waals surface area (Å²) in [5.74, 6) is -0.477. The van der Waals surface area contributed by atoms with Crippen molar-refractivity contribution in [1.29, 1.82) is 0 Å². The Morgan fingerprint density at radius 3 is 2.46 bits per heavy atom. The van der Waals surface area contributed by atoms with Gasteiger partial charge in [0.2, 0.25) is 0 Å². The van der Waals surface area contributed by atoms with Crippen LogP contribution in [0, 0.1) is 5.82 Å². The van der Waals surface area contributed by atoms with Crippen molar-refractivity contribution in [2.75, 3.05) is 6.67 Å². The second kappa shape index (κ2) is 8.55. The van der Waals surface area contributed by atoms with Gasteiger partial charge in [-0.1, -0.05) is 30.3 Å². The van der Waals surface area contributed by atoms with Crippen LogP contribution in [0.2, 0.25) is 0 Å². The first-order valence-electron chi connectivity index (χ1n) is 9.65. The number of rotatable bonds is 8. The molecule has 0 unspecified atom stereocenters. The van der Waals surface area contributed by atoms with E-state index >= 15 is 0 Å². The summed E-state index contributed by atoms with van der Waals surface area (Å²) in [6.07, 6.45) is 4.13. The van der Waals surface area contributed by atoms with E-state index < -0.39 is 5.54 Å². The number of fused-ring (bicyclic) bond motifs is 1. The summed E-state index contributed by atoms with van der Waals surface area (Å²) >= 11 is 0. The fraction of sp³-hybridized carbons (Fsp3) is 0.348. The summed E-state index contributed by atoms with van der Waals surface area (Å²) in [4.78, 5) is 13.1. The molecule has 0 aliphatic rings. The van der Waals surface area contributed by atoms with Gasteiger partial charge in [-0.05, 0) is 56.9 Å². The maximum absolute atomic E-state index is 13.2. The molecule has 0 bridgehead atoms. The van der Waals surface area contributed by atoms with Gasteiger partial charge in [-0.15, -0.1) is 0 Å². The molecule has 148 valence electrons. The van der Waals surface area contributed by atoms with E-state index in [1.165, 1.54) is 12.1 Å². The Morgan fingerprint density at radius 1 is 1.04 bits per heavy atom. The van der Waals surface area contributed by atoms with E-state index in [1.54, 1.807) is 12.1 Å². The minimum Gasteiger partial charge on any atom is -0.347 e. The number of halogens is 2. The molecule has 0 saturated carbocycles. The first-order chi connectivity index (χ1) is 13.4. The molecule has 1 aromatic heterocycles. The van der Waals surface area contributed by atoms with Crippen LogP contribution in [0.1, 0.15) is 49.0 Å². The molecular weight excluding hydrogens is 358 g/mol. The van der Waals surface area contributed by atoms with Crippen LogP contribution < -0.4 is 5.32 Å². The Hall–Kier alpha value is -2.69. The highest BCUT2D eigenvalue weighted by Crippen LogP contribution is 2.25. The normalized spacial score (nSPS) is 11.7. The van der Waals surface area contributed by atoms with Gasteiger partial charge < -0.3 is 9.88 Å².